The maximum atomic E-state index is 13.8. The molecule has 0 amide bonds. The minimum absolute atomic E-state index is 0.145. The molecule has 3 heteroatoms. The lowest BCUT2D eigenvalue weighted by molar-refractivity contribution is 0.0388. The molecule has 1 aromatic rings. The molecular formula is C18H24FNO. The number of rotatable bonds is 4. The molecule has 0 N–H and O–H groups in total. The number of para-hydroxylation sites is 1. The summed E-state index contributed by atoms with van der Waals surface area (Å²) in [5.74, 6) is 0.279. The van der Waals surface area contributed by atoms with Gasteiger partial charge in [-0.2, -0.15) is 5.26 Å². The molecule has 2 rings (SSSR count). The van der Waals surface area contributed by atoms with Crippen LogP contribution in [0.25, 0.3) is 0 Å². The van der Waals surface area contributed by atoms with E-state index in [2.05, 4.69) is 26.8 Å². The Morgan fingerprint density at radius 2 is 2.05 bits per heavy atom. The van der Waals surface area contributed by atoms with E-state index in [1.165, 1.54) is 6.07 Å². The Bertz CT molecular complexity index is 520. The largest absolute Gasteiger partial charge is 0.486 e. The summed E-state index contributed by atoms with van der Waals surface area (Å²) in [6.45, 7) is 6.73. The predicted molar refractivity (Wildman–Crippen MR) is 81.3 cm³/mol. The van der Waals surface area contributed by atoms with E-state index in [0.717, 1.165) is 25.7 Å². The zero-order chi connectivity index (χ0) is 15.5. The van der Waals surface area contributed by atoms with E-state index in [0.29, 0.717) is 5.92 Å². The van der Waals surface area contributed by atoms with Crippen LogP contribution in [0.5, 0.6) is 5.75 Å². The van der Waals surface area contributed by atoms with Crippen LogP contribution in [0.1, 0.15) is 46.5 Å². The summed E-state index contributed by atoms with van der Waals surface area (Å²) >= 11 is 0. The summed E-state index contributed by atoms with van der Waals surface area (Å²) in [6, 6.07) is 8.78. The summed E-state index contributed by atoms with van der Waals surface area (Å²) in [4.78, 5) is 0. The monoisotopic (exact) mass is 289 g/mol. The summed E-state index contributed by atoms with van der Waals surface area (Å²) in [5, 5.41) is 9.33. The lowest BCUT2D eigenvalue weighted by Gasteiger charge is -2.41. The van der Waals surface area contributed by atoms with Crippen LogP contribution in [0, 0.1) is 34.4 Å². The second-order valence-electron chi connectivity index (χ2n) is 6.67. The summed E-state index contributed by atoms with van der Waals surface area (Å²) in [5.41, 5.74) is 0.233. The van der Waals surface area contributed by atoms with Crippen molar-refractivity contribution < 1.29 is 9.13 Å². The third-order valence-electron chi connectivity index (χ3n) is 5.09. The molecule has 3 unspecified atom stereocenters. The molecule has 114 valence electrons. The Morgan fingerprint density at radius 3 is 2.67 bits per heavy atom. The van der Waals surface area contributed by atoms with Crippen molar-refractivity contribution in [1.29, 1.82) is 5.26 Å². The maximum Gasteiger partial charge on any atom is 0.165 e. The highest BCUT2D eigenvalue weighted by atomic mass is 19.1. The fourth-order valence-electron chi connectivity index (χ4n) is 3.11. The van der Waals surface area contributed by atoms with Gasteiger partial charge in [-0.05, 0) is 42.7 Å². The number of hydrogen-bond acceptors (Lipinski definition) is 2. The molecule has 0 aliphatic heterocycles. The van der Waals surface area contributed by atoms with Crippen molar-refractivity contribution in [2.24, 2.45) is 17.3 Å². The van der Waals surface area contributed by atoms with Gasteiger partial charge in [-0.1, -0.05) is 39.3 Å². The summed E-state index contributed by atoms with van der Waals surface area (Å²) in [6.07, 6.45) is 3.60. The number of halogens is 1. The average Bonchev–Trinajstić information content (AvgIpc) is 2.49. The van der Waals surface area contributed by atoms with Crippen molar-refractivity contribution in [2.45, 2.75) is 52.6 Å². The van der Waals surface area contributed by atoms with Crippen molar-refractivity contribution in [1.82, 2.24) is 0 Å². The van der Waals surface area contributed by atoms with E-state index in [-0.39, 0.29) is 29.0 Å². The zero-order valence-corrected chi connectivity index (χ0v) is 13.1. The Labute approximate surface area is 126 Å². The standard InChI is InChI=1S/C18H24FNO/c1-4-18(2,3)14-10-9-13(12-20)17(11-14)21-16-8-6-5-7-15(16)19/h5-8,13-14,17H,4,9-11H2,1-3H3. The van der Waals surface area contributed by atoms with Gasteiger partial charge in [-0.25, -0.2) is 4.39 Å². The molecule has 0 saturated heterocycles. The van der Waals surface area contributed by atoms with Gasteiger partial charge in [0.25, 0.3) is 0 Å². The first kappa shape index (κ1) is 15.8. The van der Waals surface area contributed by atoms with Crippen LogP contribution in [0.15, 0.2) is 24.3 Å². The Morgan fingerprint density at radius 1 is 1.33 bits per heavy atom. The van der Waals surface area contributed by atoms with Crippen molar-refractivity contribution in [2.75, 3.05) is 0 Å². The number of benzene rings is 1. The summed E-state index contributed by atoms with van der Waals surface area (Å²) < 4.78 is 19.6. The minimum atomic E-state index is -0.355. The van der Waals surface area contributed by atoms with E-state index < -0.39 is 0 Å². The van der Waals surface area contributed by atoms with Crippen molar-refractivity contribution in [3.63, 3.8) is 0 Å². The molecule has 1 fully saturated rings. The molecular weight excluding hydrogens is 265 g/mol. The second kappa shape index (κ2) is 6.47. The van der Waals surface area contributed by atoms with Gasteiger partial charge >= 0.3 is 0 Å². The lowest BCUT2D eigenvalue weighted by Crippen LogP contribution is -2.38. The molecule has 21 heavy (non-hydrogen) atoms. The van der Waals surface area contributed by atoms with Crippen LogP contribution >= 0.6 is 0 Å². The van der Waals surface area contributed by atoms with Crippen LogP contribution in [0.2, 0.25) is 0 Å². The van der Waals surface area contributed by atoms with Gasteiger partial charge in [0, 0.05) is 0 Å². The summed E-state index contributed by atoms with van der Waals surface area (Å²) in [7, 11) is 0. The first-order valence-electron chi connectivity index (χ1n) is 7.78. The smallest absolute Gasteiger partial charge is 0.165 e. The normalized spacial score (nSPS) is 26.1. The van der Waals surface area contributed by atoms with E-state index in [4.69, 9.17) is 4.74 Å². The van der Waals surface area contributed by atoms with Crippen molar-refractivity contribution >= 4 is 0 Å². The van der Waals surface area contributed by atoms with Crippen LogP contribution in [-0.4, -0.2) is 6.10 Å². The van der Waals surface area contributed by atoms with Crippen LogP contribution in [0.4, 0.5) is 4.39 Å². The van der Waals surface area contributed by atoms with Gasteiger partial charge in [0.05, 0.1) is 12.0 Å². The van der Waals surface area contributed by atoms with Gasteiger partial charge in [0.2, 0.25) is 0 Å². The van der Waals surface area contributed by atoms with Crippen molar-refractivity contribution in [3.05, 3.63) is 30.1 Å². The van der Waals surface area contributed by atoms with E-state index in [1.807, 2.05) is 0 Å². The van der Waals surface area contributed by atoms with E-state index in [1.54, 1.807) is 18.2 Å². The molecule has 2 nitrogen and oxygen atoms in total. The first-order valence-corrected chi connectivity index (χ1v) is 7.78. The molecule has 1 aliphatic rings. The number of ether oxygens (including phenoxy) is 1. The fourth-order valence-corrected chi connectivity index (χ4v) is 3.11. The molecule has 1 saturated carbocycles. The third-order valence-corrected chi connectivity index (χ3v) is 5.09. The van der Waals surface area contributed by atoms with Crippen molar-refractivity contribution in [3.8, 4) is 11.8 Å². The van der Waals surface area contributed by atoms with Gasteiger partial charge in [0.15, 0.2) is 11.6 Å². The molecule has 0 radical (unpaired) electrons. The molecule has 1 aromatic carbocycles. The highest BCUT2D eigenvalue weighted by Gasteiger charge is 2.38. The molecule has 0 aromatic heterocycles. The van der Waals surface area contributed by atoms with Gasteiger partial charge in [-0.15, -0.1) is 0 Å². The number of nitriles is 1. The number of hydrogen-bond donors (Lipinski definition) is 0. The molecule has 0 heterocycles. The van der Waals surface area contributed by atoms with Crippen LogP contribution in [0.3, 0.4) is 0 Å². The highest BCUT2D eigenvalue weighted by Crippen LogP contribution is 2.43. The van der Waals surface area contributed by atoms with Gasteiger partial charge in [0.1, 0.15) is 6.10 Å². The third kappa shape index (κ3) is 3.56. The van der Waals surface area contributed by atoms with Crippen LogP contribution in [-0.2, 0) is 0 Å². The SMILES string of the molecule is CCC(C)(C)C1CCC(C#N)C(Oc2ccccc2F)C1. The van der Waals surface area contributed by atoms with Crippen LogP contribution < -0.4 is 4.74 Å². The van der Waals surface area contributed by atoms with Gasteiger partial charge < -0.3 is 4.74 Å². The second-order valence-corrected chi connectivity index (χ2v) is 6.67. The quantitative estimate of drug-likeness (QED) is 0.785. The molecule has 3 atom stereocenters. The molecule has 1 aliphatic carbocycles. The zero-order valence-electron chi connectivity index (χ0n) is 13.1. The topological polar surface area (TPSA) is 33.0 Å². The first-order chi connectivity index (χ1) is 9.97. The number of nitrogens with zero attached hydrogens (tertiary/aromatic N) is 1. The maximum absolute atomic E-state index is 13.8. The Kier molecular flexibility index (Phi) is 4.88. The Balaban J connectivity index is 2.15. The predicted octanol–water partition coefficient (Wildman–Crippen LogP) is 4.95. The Hall–Kier alpha value is -1.56. The van der Waals surface area contributed by atoms with E-state index in [9.17, 15) is 9.65 Å². The fraction of sp³-hybridized carbons (Fsp3) is 0.611. The highest BCUT2D eigenvalue weighted by molar-refractivity contribution is 5.24. The van der Waals surface area contributed by atoms with E-state index >= 15 is 0 Å². The molecule has 0 bridgehead atoms. The minimum Gasteiger partial charge on any atom is -0.486 e. The van der Waals surface area contributed by atoms with Gasteiger partial charge in [-0.3, -0.25) is 0 Å². The lowest BCUT2D eigenvalue weighted by atomic mass is 9.67. The molecule has 0 spiro atoms. The average molecular weight is 289 g/mol.